The van der Waals surface area contributed by atoms with Crippen LogP contribution in [-0.2, 0) is 13.0 Å². The van der Waals surface area contributed by atoms with Crippen LogP contribution in [0.4, 0.5) is 4.79 Å². The fourth-order valence-electron chi connectivity index (χ4n) is 2.69. The first-order valence-electron chi connectivity index (χ1n) is 7.43. The second kappa shape index (κ2) is 8.53. The Labute approximate surface area is 143 Å². The summed E-state index contributed by atoms with van der Waals surface area (Å²) in [6, 6.07) is 13.8. The van der Waals surface area contributed by atoms with Gasteiger partial charge in [-0.2, -0.15) is 0 Å². The van der Waals surface area contributed by atoms with Gasteiger partial charge in [-0.3, -0.25) is 4.98 Å². The first-order valence-corrected chi connectivity index (χ1v) is 7.43. The number of rotatable bonds is 5. The lowest BCUT2D eigenvalue weighted by Gasteiger charge is -2.27. The van der Waals surface area contributed by atoms with Crippen molar-refractivity contribution >= 4 is 18.5 Å². The molecule has 0 saturated carbocycles. The number of hydrogen-bond donors (Lipinski definition) is 1. The molecule has 124 valence electrons. The standard InChI is InChI=1S/C18H22N2O2.ClH/c1-13-9-17(10-14(2)19-13)12-20(18(21)22)15(3)11-16-7-5-4-6-8-16;/h4-10,15H,11-12H2,1-3H3,(H,21,22);1H. The number of benzene rings is 1. The molecule has 2 aromatic rings. The van der Waals surface area contributed by atoms with Crippen LogP contribution in [0.25, 0.3) is 0 Å². The molecule has 5 heteroatoms. The van der Waals surface area contributed by atoms with E-state index in [-0.39, 0.29) is 18.4 Å². The topological polar surface area (TPSA) is 53.4 Å². The highest BCUT2D eigenvalue weighted by molar-refractivity contribution is 5.85. The Morgan fingerprint density at radius 1 is 1.13 bits per heavy atom. The van der Waals surface area contributed by atoms with Crippen molar-refractivity contribution in [3.8, 4) is 0 Å². The maximum absolute atomic E-state index is 11.6. The Hall–Kier alpha value is -2.07. The molecule has 1 aromatic carbocycles. The summed E-state index contributed by atoms with van der Waals surface area (Å²) in [4.78, 5) is 17.4. The lowest BCUT2D eigenvalue weighted by Crippen LogP contribution is -2.38. The predicted octanol–water partition coefficient (Wildman–Crippen LogP) is 4.23. The maximum Gasteiger partial charge on any atom is 0.407 e. The van der Waals surface area contributed by atoms with E-state index in [1.165, 1.54) is 4.90 Å². The van der Waals surface area contributed by atoms with E-state index in [0.29, 0.717) is 13.0 Å². The summed E-state index contributed by atoms with van der Waals surface area (Å²) in [6.07, 6.45) is -0.188. The average Bonchev–Trinajstić information content (AvgIpc) is 2.44. The van der Waals surface area contributed by atoms with Gasteiger partial charge in [-0.1, -0.05) is 30.3 Å². The van der Waals surface area contributed by atoms with Gasteiger partial charge in [0.2, 0.25) is 0 Å². The van der Waals surface area contributed by atoms with E-state index < -0.39 is 6.09 Å². The van der Waals surface area contributed by atoms with Crippen molar-refractivity contribution in [2.75, 3.05) is 0 Å². The molecule has 0 radical (unpaired) electrons. The zero-order valence-corrected chi connectivity index (χ0v) is 14.5. The first kappa shape index (κ1) is 19.0. The summed E-state index contributed by atoms with van der Waals surface area (Å²) in [5.41, 5.74) is 3.95. The van der Waals surface area contributed by atoms with Crippen LogP contribution in [0.15, 0.2) is 42.5 Å². The van der Waals surface area contributed by atoms with Crippen LogP contribution in [-0.4, -0.2) is 27.1 Å². The van der Waals surface area contributed by atoms with Gasteiger partial charge < -0.3 is 10.0 Å². The van der Waals surface area contributed by atoms with E-state index in [1.807, 2.05) is 63.2 Å². The third-order valence-electron chi connectivity index (χ3n) is 3.65. The van der Waals surface area contributed by atoms with Crippen molar-refractivity contribution in [3.63, 3.8) is 0 Å². The van der Waals surface area contributed by atoms with Crippen LogP contribution in [0.1, 0.15) is 29.4 Å². The van der Waals surface area contributed by atoms with Crippen LogP contribution < -0.4 is 0 Å². The average molecular weight is 335 g/mol. The highest BCUT2D eigenvalue weighted by Crippen LogP contribution is 2.14. The summed E-state index contributed by atoms with van der Waals surface area (Å²) in [6.45, 7) is 6.18. The maximum atomic E-state index is 11.6. The highest BCUT2D eigenvalue weighted by atomic mass is 35.5. The van der Waals surface area contributed by atoms with E-state index in [4.69, 9.17) is 0 Å². The monoisotopic (exact) mass is 334 g/mol. The molecule has 1 heterocycles. The number of aryl methyl sites for hydroxylation is 2. The Morgan fingerprint density at radius 2 is 1.70 bits per heavy atom. The molecule has 0 aliphatic heterocycles. The van der Waals surface area contributed by atoms with Gasteiger partial charge in [-0.05, 0) is 50.5 Å². The molecule has 0 aliphatic carbocycles. The zero-order chi connectivity index (χ0) is 16.1. The molecule has 0 fully saturated rings. The van der Waals surface area contributed by atoms with E-state index in [1.54, 1.807) is 0 Å². The number of carbonyl (C=O) groups is 1. The van der Waals surface area contributed by atoms with Gasteiger partial charge in [0.05, 0.1) is 0 Å². The number of pyridine rings is 1. The lowest BCUT2D eigenvalue weighted by molar-refractivity contribution is 0.124. The van der Waals surface area contributed by atoms with Gasteiger partial charge in [0.1, 0.15) is 0 Å². The molecular formula is C18H23ClN2O2. The molecule has 0 aliphatic rings. The van der Waals surface area contributed by atoms with E-state index in [2.05, 4.69) is 4.98 Å². The van der Waals surface area contributed by atoms with Gasteiger partial charge in [0.15, 0.2) is 0 Å². The molecule has 4 nitrogen and oxygen atoms in total. The van der Waals surface area contributed by atoms with Crippen molar-refractivity contribution in [2.45, 2.75) is 39.8 Å². The molecule has 2 rings (SSSR count). The summed E-state index contributed by atoms with van der Waals surface area (Å²) in [7, 11) is 0. The fraction of sp³-hybridized carbons (Fsp3) is 0.333. The summed E-state index contributed by atoms with van der Waals surface area (Å²) in [5, 5.41) is 9.53. The molecule has 1 N–H and O–H groups in total. The van der Waals surface area contributed by atoms with Gasteiger partial charge in [-0.15, -0.1) is 12.4 Å². The molecule has 1 atom stereocenters. The molecule has 1 amide bonds. The van der Waals surface area contributed by atoms with Crippen LogP contribution in [0.5, 0.6) is 0 Å². The minimum atomic E-state index is -0.893. The second-order valence-electron chi connectivity index (χ2n) is 5.71. The molecule has 1 unspecified atom stereocenters. The number of carboxylic acid groups (broad SMARTS) is 1. The SMILES string of the molecule is Cc1cc(CN(C(=O)O)C(C)Cc2ccccc2)cc(C)n1.Cl. The number of amides is 1. The highest BCUT2D eigenvalue weighted by Gasteiger charge is 2.20. The summed E-state index contributed by atoms with van der Waals surface area (Å²) < 4.78 is 0. The Kier molecular flexibility index (Phi) is 7.04. The number of hydrogen-bond acceptors (Lipinski definition) is 2. The molecule has 0 spiro atoms. The quantitative estimate of drug-likeness (QED) is 0.890. The molecule has 1 aromatic heterocycles. The Balaban J connectivity index is 0.00000264. The van der Waals surface area contributed by atoms with Crippen LogP contribution >= 0.6 is 12.4 Å². The van der Waals surface area contributed by atoms with E-state index >= 15 is 0 Å². The van der Waals surface area contributed by atoms with Gasteiger partial charge >= 0.3 is 6.09 Å². The van der Waals surface area contributed by atoms with Gasteiger partial charge in [0.25, 0.3) is 0 Å². The summed E-state index contributed by atoms with van der Waals surface area (Å²) in [5.74, 6) is 0. The second-order valence-corrected chi connectivity index (χ2v) is 5.71. The normalized spacial score (nSPS) is 11.4. The zero-order valence-electron chi connectivity index (χ0n) is 13.7. The molecule has 0 bridgehead atoms. The van der Waals surface area contributed by atoms with Gasteiger partial charge in [-0.25, -0.2) is 4.79 Å². The number of nitrogens with zero attached hydrogens (tertiary/aromatic N) is 2. The molecule has 0 saturated heterocycles. The minimum Gasteiger partial charge on any atom is -0.465 e. The fourth-order valence-corrected chi connectivity index (χ4v) is 2.69. The van der Waals surface area contributed by atoms with Gasteiger partial charge in [0, 0.05) is 24.0 Å². The number of halogens is 1. The smallest absolute Gasteiger partial charge is 0.407 e. The van der Waals surface area contributed by atoms with Crippen molar-refractivity contribution in [1.29, 1.82) is 0 Å². The van der Waals surface area contributed by atoms with Crippen LogP contribution in [0, 0.1) is 13.8 Å². The van der Waals surface area contributed by atoms with E-state index in [0.717, 1.165) is 22.5 Å². The molecule has 23 heavy (non-hydrogen) atoms. The van der Waals surface area contributed by atoms with Crippen LogP contribution in [0.2, 0.25) is 0 Å². The van der Waals surface area contributed by atoms with Crippen molar-refractivity contribution in [2.24, 2.45) is 0 Å². The largest absolute Gasteiger partial charge is 0.465 e. The van der Waals surface area contributed by atoms with Crippen molar-refractivity contribution in [1.82, 2.24) is 9.88 Å². The van der Waals surface area contributed by atoms with Crippen molar-refractivity contribution in [3.05, 3.63) is 65.0 Å². The minimum absolute atomic E-state index is 0. The third-order valence-corrected chi connectivity index (χ3v) is 3.65. The van der Waals surface area contributed by atoms with E-state index in [9.17, 15) is 9.90 Å². The third kappa shape index (κ3) is 5.57. The first-order chi connectivity index (χ1) is 10.5. The van der Waals surface area contributed by atoms with Crippen molar-refractivity contribution < 1.29 is 9.90 Å². The van der Waals surface area contributed by atoms with Crippen LogP contribution in [0.3, 0.4) is 0 Å². The predicted molar refractivity (Wildman–Crippen MR) is 94.1 cm³/mol. The number of aromatic nitrogens is 1. The Morgan fingerprint density at radius 3 is 2.22 bits per heavy atom. The molecular weight excluding hydrogens is 312 g/mol. The lowest BCUT2D eigenvalue weighted by atomic mass is 10.1. The summed E-state index contributed by atoms with van der Waals surface area (Å²) >= 11 is 0. The Bertz CT molecular complexity index is 626.